The summed E-state index contributed by atoms with van der Waals surface area (Å²) < 4.78 is 48.8. The van der Waals surface area contributed by atoms with Crippen LogP contribution < -0.4 is 4.74 Å². The molecule has 1 aliphatic rings. The van der Waals surface area contributed by atoms with Gasteiger partial charge >= 0.3 is 0 Å². The molecule has 0 saturated carbocycles. The first-order valence-corrected chi connectivity index (χ1v) is 11.2. The maximum atomic E-state index is 13.6. The van der Waals surface area contributed by atoms with Gasteiger partial charge in [0.2, 0.25) is 0 Å². The van der Waals surface area contributed by atoms with Crippen LogP contribution >= 0.6 is 15.9 Å². The molecule has 2 atom stereocenters. The van der Waals surface area contributed by atoms with Gasteiger partial charge in [0.05, 0.1) is 18.1 Å². The summed E-state index contributed by atoms with van der Waals surface area (Å²) in [5, 5.41) is 10.4. The molecule has 0 bridgehead atoms. The van der Waals surface area contributed by atoms with Crippen molar-refractivity contribution >= 4 is 25.8 Å². The van der Waals surface area contributed by atoms with Gasteiger partial charge in [-0.25, -0.2) is 12.8 Å². The van der Waals surface area contributed by atoms with Crippen molar-refractivity contribution in [1.82, 2.24) is 4.90 Å². The second-order valence-electron chi connectivity index (χ2n) is 6.59. The second kappa shape index (κ2) is 8.72. The van der Waals surface area contributed by atoms with E-state index in [9.17, 15) is 17.9 Å². The van der Waals surface area contributed by atoms with Crippen molar-refractivity contribution in [1.29, 1.82) is 0 Å². The Bertz CT molecular complexity index is 872. The number of benzene rings is 1. The number of aliphatic hydroxyl groups excluding tert-OH is 1. The first-order valence-electron chi connectivity index (χ1n) is 8.56. The molecule has 0 amide bonds. The minimum absolute atomic E-state index is 0.0514. The smallest absolute Gasteiger partial charge is 0.169 e. The van der Waals surface area contributed by atoms with Gasteiger partial charge in [-0.2, -0.15) is 0 Å². The molecule has 0 spiro atoms. The number of para-hydroxylation sites is 1. The molecular formula is C18H21BrFNO5S. The lowest BCUT2D eigenvalue weighted by Gasteiger charge is -2.29. The van der Waals surface area contributed by atoms with Gasteiger partial charge in [0, 0.05) is 12.6 Å². The average Bonchev–Trinajstić information content (AvgIpc) is 3.18. The third-order valence-corrected chi connectivity index (χ3v) is 6.60. The van der Waals surface area contributed by atoms with E-state index in [1.807, 2.05) is 4.90 Å². The van der Waals surface area contributed by atoms with Crippen molar-refractivity contribution in [3.8, 4) is 5.75 Å². The highest BCUT2D eigenvalue weighted by molar-refractivity contribution is 9.10. The van der Waals surface area contributed by atoms with E-state index in [0.29, 0.717) is 23.4 Å². The first kappa shape index (κ1) is 20.3. The van der Waals surface area contributed by atoms with Crippen molar-refractivity contribution in [3.05, 3.63) is 52.6 Å². The number of hydrogen-bond acceptors (Lipinski definition) is 6. The van der Waals surface area contributed by atoms with Gasteiger partial charge in [-0.05, 0) is 46.6 Å². The van der Waals surface area contributed by atoms with Crippen LogP contribution in [0.3, 0.4) is 0 Å². The summed E-state index contributed by atoms with van der Waals surface area (Å²) in [6, 6.07) is 9.33. The Balaban J connectivity index is 1.64. The van der Waals surface area contributed by atoms with Crippen LogP contribution in [-0.2, 0) is 16.4 Å². The lowest BCUT2D eigenvalue weighted by atomic mass is 10.2. The average molecular weight is 462 g/mol. The van der Waals surface area contributed by atoms with Gasteiger partial charge in [-0.15, -0.1) is 0 Å². The van der Waals surface area contributed by atoms with Crippen molar-refractivity contribution < 1.29 is 27.1 Å². The van der Waals surface area contributed by atoms with Crippen LogP contribution in [0.15, 0.2) is 45.5 Å². The zero-order valence-electron chi connectivity index (χ0n) is 14.6. The van der Waals surface area contributed by atoms with E-state index in [1.54, 1.807) is 24.3 Å². The highest BCUT2D eigenvalue weighted by Crippen LogP contribution is 2.23. The summed E-state index contributed by atoms with van der Waals surface area (Å²) >= 11 is 3.25. The maximum absolute atomic E-state index is 13.6. The Hall–Kier alpha value is -1.42. The van der Waals surface area contributed by atoms with E-state index in [4.69, 9.17) is 9.15 Å². The number of halogens is 2. The quantitative estimate of drug-likeness (QED) is 0.650. The van der Waals surface area contributed by atoms with Gasteiger partial charge in [0.1, 0.15) is 18.5 Å². The van der Waals surface area contributed by atoms with Crippen molar-refractivity contribution in [3.63, 3.8) is 0 Å². The number of rotatable bonds is 8. The maximum Gasteiger partial charge on any atom is 0.169 e. The number of ether oxygens (including phenoxy) is 1. The summed E-state index contributed by atoms with van der Waals surface area (Å²) in [5.41, 5.74) is 0. The predicted molar refractivity (Wildman–Crippen MR) is 102 cm³/mol. The number of aliphatic hydroxyl groups is 1. The third kappa shape index (κ3) is 5.78. The molecule has 6 nitrogen and oxygen atoms in total. The second-order valence-corrected chi connectivity index (χ2v) is 9.60. The van der Waals surface area contributed by atoms with Gasteiger partial charge in [-0.3, -0.25) is 4.90 Å². The van der Waals surface area contributed by atoms with Gasteiger partial charge < -0.3 is 14.3 Å². The Labute approximate surface area is 166 Å². The van der Waals surface area contributed by atoms with Crippen LogP contribution in [0.2, 0.25) is 0 Å². The molecule has 1 aromatic carbocycles. The standard InChI is InChI=1S/C18H21BrFNO5S/c19-18-6-5-15(26-18)10-21(13-7-8-27(23,24)12-13)9-14(22)11-25-17-4-2-1-3-16(17)20/h1-6,13-14,22H,7-12H2. The SMILES string of the molecule is O=S1(=O)CCC(N(Cc2ccc(Br)o2)CC(O)COc2ccccc2F)C1. The summed E-state index contributed by atoms with van der Waals surface area (Å²) in [4.78, 5) is 1.88. The minimum Gasteiger partial charge on any atom is -0.488 e. The number of sulfone groups is 1. The Morgan fingerprint density at radius 3 is 2.74 bits per heavy atom. The Morgan fingerprint density at radius 1 is 1.33 bits per heavy atom. The van der Waals surface area contributed by atoms with Crippen LogP contribution in [0.4, 0.5) is 4.39 Å². The molecule has 1 saturated heterocycles. The molecule has 1 N–H and O–H groups in total. The molecule has 0 radical (unpaired) electrons. The largest absolute Gasteiger partial charge is 0.488 e. The summed E-state index contributed by atoms with van der Waals surface area (Å²) in [5.74, 6) is 0.423. The molecule has 2 unspecified atom stereocenters. The van der Waals surface area contributed by atoms with Gasteiger partial charge in [-0.1, -0.05) is 12.1 Å². The Kier molecular flexibility index (Phi) is 6.56. The predicted octanol–water partition coefficient (Wildman–Crippen LogP) is 2.61. The number of furan rings is 1. The normalized spacial score (nSPS) is 20.1. The molecule has 1 aromatic heterocycles. The molecule has 148 valence electrons. The van der Waals surface area contributed by atoms with Crippen LogP contribution in [0.1, 0.15) is 12.2 Å². The van der Waals surface area contributed by atoms with Crippen LogP contribution in [0, 0.1) is 5.82 Å². The number of nitrogens with zero attached hydrogens (tertiary/aromatic N) is 1. The minimum atomic E-state index is -3.07. The van der Waals surface area contributed by atoms with E-state index < -0.39 is 21.8 Å². The number of hydrogen-bond donors (Lipinski definition) is 1. The molecule has 9 heteroatoms. The van der Waals surface area contributed by atoms with Crippen molar-refractivity contribution in [2.24, 2.45) is 0 Å². The lowest BCUT2D eigenvalue weighted by Crippen LogP contribution is -2.42. The van der Waals surface area contributed by atoms with E-state index in [1.165, 1.54) is 12.1 Å². The van der Waals surface area contributed by atoms with Gasteiger partial charge in [0.15, 0.2) is 26.1 Å². The lowest BCUT2D eigenvalue weighted by molar-refractivity contribution is 0.0485. The molecule has 3 rings (SSSR count). The topological polar surface area (TPSA) is 80.0 Å². The molecule has 1 aliphatic heterocycles. The molecule has 27 heavy (non-hydrogen) atoms. The van der Waals surface area contributed by atoms with E-state index in [-0.39, 0.29) is 36.4 Å². The Morgan fingerprint density at radius 2 is 2.11 bits per heavy atom. The highest BCUT2D eigenvalue weighted by atomic mass is 79.9. The summed E-state index contributed by atoms with van der Waals surface area (Å²) in [6.45, 7) is 0.453. The molecule has 2 heterocycles. The fraction of sp³-hybridized carbons (Fsp3) is 0.444. The van der Waals surface area contributed by atoms with Crippen molar-refractivity contribution in [2.75, 3.05) is 24.7 Å². The summed E-state index contributed by atoms with van der Waals surface area (Å²) in [7, 11) is -3.07. The van der Waals surface area contributed by atoms with Gasteiger partial charge in [0.25, 0.3) is 0 Å². The molecule has 0 aliphatic carbocycles. The zero-order chi connectivity index (χ0) is 19.4. The third-order valence-electron chi connectivity index (χ3n) is 4.43. The zero-order valence-corrected chi connectivity index (χ0v) is 17.0. The summed E-state index contributed by atoms with van der Waals surface area (Å²) in [6.07, 6.45) is -0.406. The molecular weight excluding hydrogens is 441 g/mol. The monoisotopic (exact) mass is 461 g/mol. The van der Waals surface area contributed by atoms with E-state index in [0.717, 1.165) is 0 Å². The van der Waals surface area contributed by atoms with Crippen LogP contribution in [0.5, 0.6) is 5.75 Å². The van der Waals surface area contributed by atoms with Crippen LogP contribution in [0.25, 0.3) is 0 Å². The first-order chi connectivity index (χ1) is 12.8. The molecule has 2 aromatic rings. The van der Waals surface area contributed by atoms with E-state index in [2.05, 4.69) is 15.9 Å². The highest BCUT2D eigenvalue weighted by Gasteiger charge is 2.33. The van der Waals surface area contributed by atoms with E-state index >= 15 is 0 Å². The fourth-order valence-electron chi connectivity index (χ4n) is 3.11. The molecule has 1 fully saturated rings. The van der Waals surface area contributed by atoms with Crippen molar-refractivity contribution in [2.45, 2.75) is 25.1 Å². The fourth-order valence-corrected chi connectivity index (χ4v) is 5.22. The van der Waals surface area contributed by atoms with Crippen LogP contribution in [-0.4, -0.2) is 55.2 Å².